The Labute approximate surface area is 75.6 Å². The molecule has 68 valence electrons. The third-order valence-electron chi connectivity index (χ3n) is 1.69. The van der Waals surface area contributed by atoms with Gasteiger partial charge in [0.25, 0.3) is 0 Å². The number of furan rings is 1. The number of rotatable bonds is 2. The van der Waals surface area contributed by atoms with Gasteiger partial charge in [-0.3, -0.25) is 0 Å². The fourth-order valence-corrected chi connectivity index (χ4v) is 1.14. The Hall–Kier alpha value is -1.58. The van der Waals surface area contributed by atoms with Crippen molar-refractivity contribution in [1.82, 2.24) is 10.2 Å². The highest BCUT2D eigenvalue weighted by molar-refractivity contribution is 5.09. The fourth-order valence-electron chi connectivity index (χ4n) is 1.14. The summed E-state index contributed by atoms with van der Waals surface area (Å²) in [6.45, 7) is 3.67. The molecule has 0 radical (unpaired) electrons. The van der Waals surface area contributed by atoms with Crippen LogP contribution in [0.5, 0.6) is 0 Å². The molecule has 0 aliphatic heterocycles. The Bertz CT molecular complexity index is 365. The maximum absolute atomic E-state index is 5.37. The minimum Gasteiger partial charge on any atom is -0.466 e. The summed E-state index contributed by atoms with van der Waals surface area (Å²) >= 11 is 0. The number of hydrogen-bond acceptors (Lipinski definition) is 4. The lowest BCUT2D eigenvalue weighted by Crippen LogP contribution is -1.84. The van der Waals surface area contributed by atoms with Crippen LogP contribution in [0.4, 0.5) is 0 Å². The summed E-state index contributed by atoms with van der Waals surface area (Å²) in [5.41, 5.74) is 0. The van der Waals surface area contributed by atoms with Crippen LogP contribution >= 0.6 is 0 Å². The van der Waals surface area contributed by atoms with E-state index in [1.807, 2.05) is 19.1 Å². The molecule has 2 heterocycles. The van der Waals surface area contributed by atoms with E-state index in [-0.39, 0.29) is 0 Å². The third kappa shape index (κ3) is 1.77. The molecule has 2 rings (SSSR count). The summed E-state index contributed by atoms with van der Waals surface area (Å²) in [4.78, 5) is 0. The highest BCUT2D eigenvalue weighted by Gasteiger charge is 2.06. The standard InChI is InChI=1S/C9H10N2O2/c1-6-3-4-8(12-6)5-9-11-10-7(2)13-9/h3-4H,5H2,1-2H3. The van der Waals surface area contributed by atoms with Crippen molar-refractivity contribution in [3.8, 4) is 0 Å². The van der Waals surface area contributed by atoms with Crippen molar-refractivity contribution >= 4 is 0 Å². The molecule has 4 nitrogen and oxygen atoms in total. The molecule has 0 saturated heterocycles. The van der Waals surface area contributed by atoms with Gasteiger partial charge in [0.2, 0.25) is 11.8 Å². The number of nitrogens with zero attached hydrogens (tertiary/aromatic N) is 2. The molecule has 0 spiro atoms. The molecule has 2 aromatic rings. The second-order valence-corrected chi connectivity index (χ2v) is 2.90. The SMILES string of the molecule is Cc1ccc(Cc2nnc(C)o2)o1. The van der Waals surface area contributed by atoms with Crippen LogP contribution in [-0.2, 0) is 6.42 Å². The third-order valence-corrected chi connectivity index (χ3v) is 1.69. The molecule has 0 bridgehead atoms. The van der Waals surface area contributed by atoms with Crippen LogP contribution in [0.15, 0.2) is 21.0 Å². The van der Waals surface area contributed by atoms with Gasteiger partial charge < -0.3 is 8.83 Å². The second-order valence-electron chi connectivity index (χ2n) is 2.90. The van der Waals surface area contributed by atoms with E-state index in [4.69, 9.17) is 8.83 Å². The average molecular weight is 178 g/mol. The zero-order valence-corrected chi connectivity index (χ0v) is 7.57. The van der Waals surface area contributed by atoms with Crippen LogP contribution < -0.4 is 0 Å². The lowest BCUT2D eigenvalue weighted by Gasteiger charge is -1.89. The van der Waals surface area contributed by atoms with E-state index in [9.17, 15) is 0 Å². The Balaban J connectivity index is 2.14. The first-order valence-corrected chi connectivity index (χ1v) is 4.08. The lowest BCUT2D eigenvalue weighted by molar-refractivity contribution is 0.441. The van der Waals surface area contributed by atoms with Gasteiger partial charge in [-0.15, -0.1) is 10.2 Å². The van der Waals surface area contributed by atoms with Gasteiger partial charge in [-0.25, -0.2) is 0 Å². The maximum atomic E-state index is 5.37. The topological polar surface area (TPSA) is 52.1 Å². The molecular formula is C9H10N2O2. The minimum absolute atomic E-state index is 0.564. The quantitative estimate of drug-likeness (QED) is 0.704. The number of aromatic nitrogens is 2. The Morgan fingerprint density at radius 2 is 2.00 bits per heavy atom. The first kappa shape index (κ1) is 8.04. The molecule has 0 fully saturated rings. The fraction of sp³-hybridized carbons (Fsp3) is 0.333. The van der Waals surface area contributed by atoms with E-state index in [0.29, 0.717) is 18.2 Å². The summed E-state index contributed by atoms with van der Waals surface area (Å²) in [5.74, 6) is 2.91. The Morgan fingerprint density at radius 1 is 1.15 bits per heavy atom. The normalized spacial score (nSPS) is 10.6. The number of aryl methyl sites for hydroxylation is 2. The number of hydrogen-bond donors (Lipinski definition) is 0. The Kier molecular flexibility index (Phi) is 1.88. The van der Waals surface area contributed by atoms with E-state index < -0.39 is 0 Å². The van der Waals surface area contributed by atoms with E-state index in [1.54, 1.807) is 6.92 Å². The highest BCUT2D eigenvalue weighted by atomic mass is 16.4. The zero-order valence-electron chi connectivity index (χ0n) is 7.57. The summed E-state index contributed by atoms with van der Waals surface area (Å²) in [7, 11) is 0. The van der Waals surface area contributed by atoms with Crippen LogP contribution in [0.3, 0.4) is 0 Å². The van der Waals surface area contributed by atoms with Gasteiger partial charge in [0.15, 0.2) is 0 Å². The summed E-state index contributed by atoms with van der Waals surface area (Å²) < 4.78 is 10.6. The summed E-state index contributed by atoms with van der Waals surface area (Å²) in [5, 5.41) is 7.60. The molecule has 0 atom stereocenters. The average Bonchev–Trinajstić information content (AvgIpc) is 2.62. The van der Waals surface area contributed by atoms with Crippen LogP contribution in [0.25, 0.3) is 0 Å². The van der Waals surface area contributed by atoms with Crippen LogP contribution in [0.1, 0.15) is 23.3 Å². The summed E-state index contributed by atoms with van der Waals surface area (Å²) in [6.07, 6.45) is 0.564. The monoisotopic (exact) mass is 178 g/mol. The maximum Gasteiger partial charge on any atom is 0.224 e. The van der Waals surface area contributed by atoms with Crippen LogP contribution in [-0.4, -0.2) is 10.2 Å². The molecule has 0 saturated carbocycles. The highest BCUT2D eigenvalue weighted by Crippen LogP contribution is 2.11. The van der Waals surface area contributed by atoms with Crippen molar-refractivity contribution < 1.29 is 8.83 Å². The first-order valence-electron chi connectivity index (χ1n) is 4.08. The van der Waals surface area contributed by atoms with E-state index >= 15 is 0 Å². The molecule has 0 N–H and O–H groups in total. The van der Waals surface area contributed by atoms with Crippen molar-refractivity contribution in [3.05, 3.63) is 35.4 Å². The Morgan fingerprint density at radius 3 is 2.54 bits per heavy atom. The van der Waals surface area contributed by atoms with Gasteiger partial charge in [0, 0.05) is 6.92 Å². The van der Waals surface area contributed by atoms with E-state index in [2.05, 4.69) is 10.2 Å². The molecule has 13 heavy (non-hydrogen) atoms. The van der Waals surface area contributed by atoms with Gasteiger partial charge >= 0.3 is 0 Å². The van der Waals surface area contributed by atoms with Gasteiger partial charge in [-0.05, 0) is 19.1 Å². The lowest BCUT2D eigenvalue weighted by atomic mass is 10.3. The van der Waals surface area contributed by atoms with Gasteiger partial charge in [0.1, 0.15) is 11.5 Å². The predicted molar refractivity (Wildman–Crippen MR) is 45.3 cm³/mol. The molecule has 0 aromatic carbocycles. The predicted octanol–water partition coefficient (Wildman–Crippen LogP) is 1.87. The minimum atomic E-state index is 0.564. The zero-order chi connectivity index (χ0) is 9.26. The molecule has 0 unspecified atom stereocenters. The molecular weight excluding hydrogens is 168 g/mol. The second kappa shape index (κ2) is 3.05. The molecule has 0 aliphatic rings. The van der Waals surface area contributed by atoms with Crippen molar-refractivity contribution in [2.45, 2.75) is 20.3 Å². The smallest absolute Gasteiger partial charge is 0.224 e. The molecule has 2 aromatic heterocycles. The van der Waals surface area contributed by atoms with Crippen LogP contribution in [0.2, 0.25) is 0 Å². The molecule has 4 heteroatoms. The van der Waals surface area contributed by atoms with Gasteiger partial charge in [-0.2, -0.15) is 0 Å². The molecule has 0 aliphatic carbocycles. The summed E-state index contributed by atoms with van der Waals surface area (Å²) in [6, 6.07) is 3.83. The van der Waals surface area contributed by atoms with Gasteiger partial charge in [0.05, 0.1) is 6.42 Å². The van der Waals surface area contributed by atoms with Crippen LogP contribution in [0, 0.1) is 13.8 Å². The van der Waals surface area contributed by atoms with E-state index in [1.165, 1.54) is 0 Å². The van der Waals surface area contributed by atoms with Crippen molar-refractivity contribution in [3.63, 3.8) is 0 Å². The first-order chi connectivity index (χ1) is 6.24. The van der Waals surface area contributed by atoms with Crippen molar-refractivity contribution in [2.24, 2.45) is 0 Å². The van der Waals surface area contributed by atoms with Gasteiger partial charge in [-0.1, -0.05) is 0 Å². The van der Waals surface area contributed by atoms with Crippen molar-refractivity contribution in [2.75, 3.05) is 0 Å². The van der Waals surface area contributed by atoms with E-state index in [0.717, 1.165) is 11.5 Å². The largest absolute Gasteiger partial charge is 0.466 e. The molecule has 0 amide bonds. The van der Waals surface area contributed by atoms with Crippen molar-refractivity contribution in [1.29, 1.82) is 0 Å².